The Morgan fingerprint density at radius 1 is 0.377 bits per heavy atom. The van der Waals surface area contributed by atoms with Gasteiger partial charge in [-0.3, -0.25) is 0 Å². The Hall–Kier alpha value is -5.16. The summed E-state index contributed by atoms with van der Waals surface area (Å²) in [5, 5.41) is 0. The topological polar surface area (TPSA) is 50.1 Å². The molecular formula is C48H56O5. The van der Waals surface area contributed by atoms with Crippen molar-refractivity contribution in [1.82, 2.24) is 0 Å². The van der Waals surface area contributed by atoms with Crippen LogP contribution in [0.4, 0.5) is 0 Å². The molecule has 4 aromatic carbocycles. The quantitative estimate of drug-likeness (QED) is 0.0669. The third-order valence-corrected chi connectivity index (χ3v) is 8.95. The van der Waals surface area contributed by atoms with E-state index in [-0.39, 0.29) is 0 Å². The Balaban J connectivity index is 1.47. The minimum atomic E-state index is 0.719. The molecule has 0 unspecified atom stereocenters. The summed E-state index contributed by atoms with van der Waals surface area (Å²) in [5.41, 5.74) is 6.39. The SMILES string of the molecule is CCCCOc1ccc(C(=Cc2ccc(C=C(c3ccc(OCCCC)cc3)c3ccc(OCCCC)cc3)o2)c2ccc(OCCCC)cc2)cc1. The first-order valence-electron chi connectivity index (χ1n) is 19.6. The number of ether oxygens (including phenoxy) is 4. The number of hydrogen-bond acceptors (Lipinski definition) is 5. The average Bonchev–Trinajstić information content (AvgIpc) is 3.65. The summed E-state index contributed by atoms with van der Waals surface area (Å²) in [6.07, 6.45) is 12.8. The number of rotatable bonds is 22. The van der Waals surface area contributed by atoms with E-state index in [4.69, 9.17) is 23.4 Å². The molecule has 0 atom stereocenters. The fraction of sp³-hybridized carbons (Fsp3) is 0.333. The molecule has 0 saturated carbocycles. The molecule has 0 amide bonds. The minimum Gasteiger partial charge on any atom is -0.494 e. The van der Waals surface area contributed by atoms with E-state index >= 15 is 0 Å². The first-order valence-corrected chi connectivity index (χ1v) is 19.6. The Morgan fingerprint density at radius 2 is 0.623 bits per heavy atom. The summed E-state index contributed by atoms with van der Waals surface area (Å²) in [6.45, 7) is 11.6. The van der Waals surface area contributed by atoms with Crippen LogP contribution in [0.1, 0.15) is 113 Å². The minimum absolute atomic E-state index is 0.719. The molecular weight excluding hydrogens is 657 g/mol. The van der Waals surface area contributed by atoms with E-state index in [9.17, 15) is 0 Å². The van der Waals surface area contributed by atoms with Gasteiger partial charge in [0.05, 0.1) is 26.4 Å². The van der Waals surface area contributed by atoms with Crippen molar-refractivity contribution in [3.63, 3.8) is 0 Å². The summed E-state index contributed by atoms with van der Waals surface area (Å²) in [6, 6.07) is 37.4. The highest BCUT2D eigenvalue weighted by atomic mass is 16.5. The van der Waals surface area contributed by atoms with Crippen molar-refractivity contribution in [2.45, 2.75) is 79.1 Å². The van der Waals surface area contributed by atoms with Crippen molar-refractivity contribution in [2.75, 3.05) is 26.4 Å². The van der Waals surface area contributed by atoms with Crippen molar-refractivity contribution >= 4 is 23.3 Å². The van der Waals surface area contributed by atoms with Gasteiger partial charge in [-0.15, -0.1) is 0 Å². The fourth-order valence-corrected chi connectivity index (χ4v) is 5.74. The van der Waals surface area contributed by atoms with Gasteiger partial charge in [0.15, 0.2) is 0 Å². The van der Waals surface area contributed by atoms with Gasteiger partial charge in [-0.05, 0) is 132 Å². The van der Waals surface area contributed by atoms with Gasteiger partial charge in [0.25, 0.3) is 0 Å². The van der Waals surface area contributed by atoms with Gasteiger partial charge < -0.3 is 23.4 Å². The Morgan fingerprint density at radius 3 is 0.849 bits per heavy atom. The summed E-state index contributed by atoms with van der Waals surface area (Å²) < 4.78 is 30.4. The Kier molecular flexibility index (Phi) is 15.8. The van der Waals surface area contributed by atoms with Gasteiger partial charge in [-0.2, -0.15) is 0 Å². The average molecular weight is 713 g/mol. The summed E-state index contributed by atoms with van der Waals surface area (Å²) in [5.74, 6) is 5.02. The van der Waals surface area contributed by atoms with E-state index in [1.807, 2.05) is 60.7 Å². The highest BCUT2D eigenvalue weighted by Gasteiger charge is 2.12. The van der Waals surface area contributed by atoms with Crippen molar-refractivity contribution in [3.05, 3.63) is 143 Å². The van der Waals surface area contributed by atoms with Crippen LogP contribution in [0.5, 0.6) is 23.0 Å². The Labute approximate surface area is 317 Å². The molecule has 0 N–H and O–H groups in total. The lowest BCUT2D eigenvalue weighted by Crippen LogP contribution is -1.97. The lowest BCUT2D eigenvalue weighted by Gasteiger charge is -2.12. The van der Waals surface area contributed by atoms with E-state index in [1.54, 1.807) is 0 Å². The first kappa shape index (κ1) is 39.1. The van der Waals surface area contributed by atoms with Crippen LogP contribution in [-0.2, 0) is 0 Å². The van der Waals surface area contributed by atoms with E-state index < -0.39 is 0 Å². The molecule has 5 heteroatoms. The van der Waals surface area contributed by atoms with Gasteiger partial charge in [0, 0.05) is 0 Å². The van der Waals surface area contributed by atoms with Gasteiger partial charge in [-0.1, -0.05) is 102 Å². The third-order valence-electron chi connectivity index (χ3n) is 8.95. The molecule has 0 radical (unpaired) electrons. The molecule has 0 aliphatic carbocycles. The van der Waals surface area contributed by atoms with Gasteiger partial charge >= 0.3 is 0 Å². The van der Waals surface area contributed by atoms with Crippen LogP contribution in [0.25, 0.3) is 23.3 Å². The maximum atomic E-state index is 6.54. The van der Waals surface area contributed by atoms with Crippen molar-refractivity contribution in [3.8, 4) is 23.0 Å². The van der Waals surface area contributed by atoms with E-state index in [2.05, 4.69) is 88.4 Å². The second kappa shape index (κ2) is 21.4. The van der Waals surface area contributed by atoms with Crippen LogP contribution in [0.15, 0.2) is 114 Å². The van der Waals surface area contributed by atoms with Crippen LogP contribution in [-0.4, -0.2) is 26.4 Å². The molecule has 0 saturated heterocycles. The standard InChI is InChI=1S/C48H56O5/c1-5-9-31-49-41-21-13-37(14-22-41)47(38-15-23-42(24-16-38)50-32-10-6-2)35-45-29-30-46(53-45)36-48(39-17-25-43(26-18-39)51-33-11-7-3)40-19-27-44(28-20-40)52-34-12-8-4/h13-30,35-36H,5-12,31-34H2,1-4H3. The van der Waals surface area contributed by atoms with Crippen molar-refractivity contribution in [2.24, 2.45) is 0 Å². The van der Waals surface area contributed by atoms with Crippen LogP contribution in [0.3, 0.4) is 0 Å². The largest absolute Gasteiger partial charge is 0.494 e. The van der Waals surface area contributed by atoms with Crippen LogP contribution in [0, 0.1) is 0 Å². The predicted molar refractivity (Wildman–Crippen MR) is 220 cm³/mol. The van der Waals surface area contributed by atoms with Gasteiger partial charge in [0.2, 0.25) is 0 Å². The number of unbranched alkanes of at least 4 members (excludes halogenated alkanes) is 4. The molecule has 0 aliphatic rings. The van der Waals surface area contributed by atoms with Gasteiger partial charge in [-0.25, -0.2) is 0 Å². The molecule has 0 bridgehead atoms. The monoisotopic (exact) mass is 712 g/mol. The number of furan rings is 1. The maximum absolute atomic E-state index is 6.54. The molecule has 0 fully saturated rings. The highest BCUT2D eigenvalue weighted by molar-refractivity contribution is 5.92. The summed E-state index contributed by atoms with van der Waals surface area (Å²) in [7, 11) is 0. The molecule has 1 aromatic heterocycles. The van der Waals surface area contributed by atoms with Crippen LogP contribution >= 0.6 is 0 Å². The third kappa shape index (κ3) is 12.2. The zero-order valence-corrected chi connectivity index (χ0v) is 32.1. The highest BCUT2D eigenvalue weighted by Crippen LogP contribution is 2.32. The number of benzene rings is 4. The maximum Gasteiger partial charge on any atom is 0.128 e. The lowest BCUT2D eigenvalue weighted by molar-refractivity contribution is 0.309. The lowest BCUT2D eigenvalue weighted by atomic mass is 9.96. The zero-order valence-electron chi connectivity index (χ0n) is 32.1. The molecule has 1 heterocycles. The first-order chi connectivity index (χ1) is 26.1. The zero-order chi connectivity index (χ0) is 37.1. The fourth-order valence-electron chi connectivity index (χ4n) is 5.74. The molecule has 5 aromatic rings. The van der Waals surface area contributed by atoms with E-state index in [1.165, 1.54) is 0 Å². The van der Waals surface area contributed by atoms with Crippen molar-refractivity contribution in [1.29, 1.82) is 0 Å². The smallest absolute Gasteiger partial charge is 0.128 e. The van der Waals surface area contributed by atoms with Gasteiger partial charge in [0.1, 0.15) is 34.5 Å². The molecule has 278 valence electrons. The Bertz CT molecular complexity index is 1580. The second-order valence-electron chi connectivity index (χ2n) is 13.3. The van der Waals surface area contributed by atoms with Crippen LogP contribution < -0.4 is 18.9 Å². The predicted octanol–water partition coefficient (Wildman–Crippen LogP) is 13.2. The second-order valence-corrected chi connectivity index (χ2v) is 13.3. The number of hydrogen-bond donors (Lipinski definition) is 0. The molecule has 5 rings (SSSR count). The molecule has 0 spiro atoms. The van der Waals surface area contributed by atoms with Crippen molar-refractivity contribution < 1.29 is 23.4 Å². The summed E-state index contributed by atoms with van der Waals surface area (Å²) in [4.78, 5) is 0. The van der Waals surface area contributed by atoms with E-state index in [0.29, 0.717) is 0 Å². The molecule has 53 heavy (non-hydrogen) atoms. The molecule has 5 nitrogen and oxygen atoms in total. The summed E-state index contributed by atoms with van der Waals surface area (Å²) >= 11 is 0. The van der Waals surface area contributed by atoms with E-state index in [0.717, 1.165) is 146 Å². The van der Waals surface area contributed by atoms with Crippen LogP contribution in [0.2, 0.25) is 0 Å². The normalized spacial score (nSPS) is 10.8. The molecule has 0 aliphatic heterocycles.